The molecular weight excluding hydrogens is 222 g/mol. The highest BCUT2D eigenvalue weighted by atomic mass is 32.2. The van der Waals surface area contributed by atoms with Crippen molar-refractivity contribution in [3.63, 3.8) is 0 Å². The molecule has 88 valence electrons. The van der Waals surface area contributed by atoms with Gasteiger partial charge in [-0.3, -0.25) is 4.21 Å². The first-order chi connectivity index (χ1) is 7.75. The first-order valence-corrected chi connectivity index (χ1v) is 6.90. The van der Waals surface area contributed by atoms with E-state index in [0.717, 1.165) is 18.7 Å². The van der Waals surface area contributed by atoms with Crippen LogP contribution in [-0.4, -0.2) is 21.9 Å². The van der Waals surface area contributed by atoms with E-state index in [0.29, 0.717) is 0 Å². The molecule has 0 N–H and O–H groups in total. The van der Waals surface area contributed by atoms with E-state index in [1.54, 1.807) is 0 Å². The summed E-state index contributed by atoms with van der Waals surface area (Å²) in [6.45, 7) is 2.24. The van der Waals surface area contributed by atoms with Gasteiger partial charge in [0.2, 0.25) is 0 Å². The molecule has 0 aliphatic carbocycles. The Morgan fingerprint density at radius 3 is 2.31 bits per heavy atom. The number of hydrogen-bond donors (Lipinski definition) is 0. The molecule has 1 fully saturated rings. The number of piperidine rings is 1. The molecule has 3 nitrogen and oxygen atoms in total. The largest absolute Gasteiger partial charge is 0.772 e. The average Bonchev–Trinajstić information content (AvgIpc) is 2.30. The van der Waals surface area contributed by atoms with Crippen molar-refractivity contribution in [2.45, 2.75) is 25.0 Å². The van der Waals surface area contributed by atoms with Crippen LogP contribution in [0.25, 0.3) is 0 Å². The lowest BCUT2D eigenvalue weighted by atomic mass is 10.1. The SMILES string of the molecule is O=S([O-])Cc1ccc(N2CCCCC2)cc1. The van der Waals surface area contributed by atoms with Gasteiger partial charge < -0.3 is 9.45 Å². The maximum Gasteiger partial charge on any atom is 0.0366 e. The Morgan fingerprint density at radius 2 is 1.75 bits per heavy atom. The summed E-state index contributed by atoms with van der Waals surface area (Å²) in [5.74, 6) is 0.111. The molecule has 1 atom stereocenters. The van der Waals surface area contributed by atoms with E-state index >= 15 is 0 Å². The number of benzene rings is 1. The van der Waals surface area contributed by atoms with Crippen LogP contribution in [0.5, 0.6) is 0 Å². The van der Waals surface area contributed by atoms with Gasteiger partial charge in [0, 0.05) is 24.5 Å². The highest BCUT2D eigenvalue weighted by Crippen LogP contribution is 2.20. The van der Waals surface area contributed by atoms with Crippen molar-refractivity contribution in [3.05, 3.63) is 29.8 Å². The van der Waals surface area contributed by atoms with E-state index in [9.17, 15) is 8.76 Å². The molecule has 1 aliphatic heterocycles. The van der Waals surface area contributed by atoms with Crippen LogP contribution in [-0.2, 0) is 16.8 Å². The summed E-state index contributed by atoms with van der Waals surface area (Å²) in [6, 6.07) is 7.85. The molecule has 0 amide bonds. The highest BCUT2D eigenvalue weighted by molar-refractivity contribution is 7.78. The normalized spacial score (nSPS) is 18.4. The third-order valence-electron chi connectivity index (χ3n) is 2.94. The fourth-order valence-electron chi connectivity index (χ4n) is 2.09. The van der Waals surface area contributed by atoms with Gasteiger partial charge in [0.15, 0.2) is 0 Å². The second-order valence-electron chi connectivity index (χ2n) is 4.16. The number of nitrogens with zero attached hydrogens (tertiary/aromatic N) is 1. The third-order valence-corrected chi connectivity index (χ3v) is 3.51. The highest BCUT2D eigenvalue weighted by Gasteiger charge is 2.10. The van der Waals surface area contributed by atoms with Gasteiger partial charge in [-0.15, -0.1) is 0 Å². The molecule has 0 saturated carbocycles. The number of hydrogen-bond acceptors (Lipinski definition) is 3. The van der Waals surface area contributed by atoms with Crippen LogP contribution in [0.3, 0.4) is 0 Å². The fourth-order valence-corrected chi connectivity index (χ4v) is 2.56. The summed E-state index contributed by atoms with van der Waals surface area (Å²) in [5.41, 5.74) is 2.06. The quantitative estimate of drug-likeness (QED) is 0.757. The Kier molecular flexibility index (Phi) is 3.96. The van der Waals surface area contributed by atoms with Crippen molar-refractivity contribution < 1.29 is 8.76 Å². The maximum absolute atomic E-state index is 10.5. The molecular formula is C12H16NO2S-. The molecule has 1 aromatic rings. The molecule has 0 bridgehead atoms. The smallest absolute Gasteiger partial charge is 0.0366 e. The van der Waals surface area contributed by atoms with Gasteiger partial charge in [-0.05, 0) is 37.0 Å². The van der Waals surface area contributed by atoms with E-state index in [-0.39, 0.29) is 5.75 Å². The summed E-state index contributed by atoms with van der Waals surface area (Å²) in [7, 11) is 0. The van der Waals surface area contributed by atoms with E-state index in [2.05, 4.69) is 4.90 Å². The van der Waals surface area contributed by atoms with Gasteiger partial charge in [0.1, 0.15) is 0 Å². The van der Waals surface area contributed by atoms with Crippen LogP contribution >= 0.6 is 0 Å². The number of anilines is 1. The Labute approximate surface area is 98.8 Å². The van der Waals surface area contributed by atoms with Crippen molar-refractivity contribution in [3.8, 4) is 0 Å². The predicted octanol–water partition coefficient (Wildman–Crippen LogP) is 2.06. The molecule has 0 radical (unpaired) electrons. The van der Waals surface area contributed by atoms with Gasteiger partial charge >= 0.3 is 0 Å². The number of rotatable bonds is 3. The second-order valence-corrected chi connectivity index (χ2v) is 5.06. The zero-order valence-electron chi connectivity index (χ0n) is 9.22. The summed E-state index contributed by atoms with van der Waals surface area (Å²) >= 11 is -1.99. The first kappa shape index (κ1) is 11.6. The van der Waals surface area contributed by atoms with E-state index in [1.807, 2.05) is 24.3 Å². The summed E-state index contributed by atoms with van der Waals surface area (Å²) in [5, 5.41) is 0. The van der Waals surface area contributed by atoms with Crippen LogP contribution in [0.15, 0.2) is 24.3 Å². The topological polar surface area (TPSA) is 43.4 Å². The molecule has 1 unspecified atom stereocenters. The molecule has 0 aromatic heterocycles. The van der Waals surface area contributed by atoms with Gasteiger partial charge in [-0.25, -0.2) is 0 Å². The van der Waals surface area contributed by atoms with Gasteiger partial charge in [-0.1, -0.05) is 23.2 Å². The lowest BCUT2D eigenvalue weighted by Gasteiger charge is -2.28. The maximum atomic E-state index is 10.5. The minimum atomic E-state index is -1.99. The molecule has 2 rings (SSSR count). The molecule has 4 heteroatoms. The first-order valence-electron chi connectivity index (χ1n) is 5.65. The lowest BCUT2D eigenvalue weighted by molar-refractivity contribution is 0.536. The fraction of sp³-hybridized carbons (Fsp3) is 0.500. The Bertz CT molecular complexity index is 358. The van der Waals surface area contributed by atoms with Crippen molar-refractivity contribution in [1.82, 2.24) is 0 Å². The minimum Gasteiger partial charge on any atom is -0.772 e. The zero-order valence-corrected chi connectivity index (χ0v) is 10.0. The van der Waals surface area contributed by atoms with E-state index in [1.165, 1.54) is 24.9 Å². The van der Waals surface area contributed by atoms with Crippen LogP contribution in [0.1, 0.15) is 24.8 Å². The van der Waals surface area contributed by atoms with Crippen LogP contribution < -0.4 is 4.90 Å². The van der Waals surface area contributed by atoms with Gasteiger partial charge in [0.25, 0.3) is 0 Å². The van der Waals surface area contributed by atoms with Crippen LogP contribution in [0, 0.1) is 0 Å². The van der Waals surface area contributed by atoms with Crippen LogP contribution in [0.2, 0.25) is 0 Å². The Hall–Kier alpha value is -0.870. The standard InChI is InChI=1S/C12H17NO2S/c14-16(15)10-11-4-6-12(7-5-11)13-8-2-1-3-9-13/h4-7H,1-3,8-10H2,(H,14,15)/p-1. The van der Waals surface area contributed by atoms with Crippen LogP contribution in [0.4, 0.5) is 5.69 Å². The molecule has 16 heavy (non-hydrogen) atoms. The summed E-state index contributed by atoms with van der Waals surface area (Å²) in [6.07, 6.45) is 3.84. The van der Waals surface area contributed by atoms with Crippen molar-refractivity contribution in [1.29, 1.82) is 0 Å². The Balaban J connectivity index is 2.03. The summed E-state index contributed by atoms with van der Waals surface area (Å²) < 4.78 is 21.1. The Morgan fingerprint density at radius 1 is 1.12 bits per heavy atom. The van der Waals surface area contributed by atoms with Gasteiger partial charge in [0.05, 0.1) is 0 Å². The average molecular weight is 238 g/mol. The minimum absolute atomic E-state index is 0.111. The van der Waals surface area contributed by atoms with Crippen molar-refractivity contribution >= 4 is 16.8 Å². The molecule has 0 spiro atoms. The molecule has 1 aliphatic rings. The van der Waals surface area contributed by atoms with Gasteiger partial charge in [-0.2, -0.15) is 0 Å². The monoisotopic (exact) mass is 238 g/mol. The van der Waals surface area contributed by atoms with E-state index in [4.69, 9.17) is 0 Å². The van der Waals surface area contributed by atoms with Crippen molar-refractivity contribution in [2.75, 3.05) is 18.0 Å². The molecule has 1 aromatic carbocycles. The molecule has 1 heterocycles. The summed E-state index contributed by atoms with van der Waals surface area (Å²) in [4.78, 5) is 2.36. The lowest BCUT2D eigenvalue weighted by Crippen LogP contribution is -2.29. The second kappa shape index (κ2) is 5.46. The molecule has 1 saturated heterocycles. The zero-order chi connectivity index (χ0) is 11.4. The third kappa shape index (κ3) is 3.06. The van der Waals surface area contributed by atoms with Crippen molar-refractivity contribution in [2.24, 2.45) is 0 Å². The predicted molar refractivity (Wildman–Crippen MR) is 65.1 cm³/mol. The van der Waals surface area contributed by atoms with E-state index < -0.39 is 11.1 Å².